The summed E-state index contributed by atoms with van der Waals surface area (Å²) in [7, 11) is 1.51. The van der Waals surface area contributed by atoms with Crippen LogP contribution < -0.4 is 9.47 Å². The van der Waals surface area contributed by atoms with Crippen LogP contribution in [-0.2, 0) is 0 Å². The van der Waals surface area contributed by atoms with Crippen molar-refractivity contribution in [3.8, 4) is 45.4 Å². The molecule has 37 heavy (non-hydrogen) atoms. The Labute approximate surface area is 212 Å². The number of pyridine rings is 2. The van der Waals surface area contributed by atoms with Gasteiger partial charge in [-0.25, -0.2) is 14.4 Å². The lowest BCUT2D eigenvalue weighted by atomic mass is 10.1. The lowest BCUT2D eigenvalue weighted by molar-refractivity contribution is 0.237. The van der Waals surface area contributed by atoms with E-state index in [0.29, 0.717) is 40.6 Å². The molecule has 0 amide bonds. The SMILES string of the molecule is COc1cc(F)cc(-c2ccnc3[nH]c(-c4cc(-c5cncc(OCCN6CCCC6)c5)[nH]n4)nc23)c1. The van der Waals surface area contributed by atoms with Gasteiger partial charge in [0.05, 0.1) is 19.0 Å². The molecular weight excluding hydrogens is 473 g/mol. The van der Waals surface area contributed by atoms with Crippen molar-refractivity contribution < 1.29 is 13.9 Å². The molecule has 0 atom stereocenters. The van der Waals surface area contributed by atoms with Crippen molar-refractivity contribution in [2.24, 2.45) is 0 Å². The van der Waals surface area contributed by atoms with E-state index in [2.05, 4.69) is 30.0 Å². The highest BCUT2D eigenvalue weighted by Gasteiger charge is 2.16. The minimum Gasteiger partial charge on any atom is -0.497 e. The van der Waals surface area contributed by atoms with E-state index in [0.717, 1.165) is 42.2 Å². The second-order valence-electron chi connectivity index (χ2n) is 8.99. The highest BCUT2D eigenvalue weighted by molar-refractivity contribution is 5.91. The topological polar surface area (TPSA) is 105 Å². The highest BCUT2D eigenvalue weighted by atomic mass is 19.1. The number of aromatic nitrogens is 6. The Hall–Kier alpha value is -4.31. The first-order valence-corrected chi connectivity index (χ1v) is 12.2. The highest BCUT2D eigenvalue weighted by Crippen LogP contribution is 2.32. The Balaban J connectivity index is 1.24. The fraction of sp³-hybridized carbons (Fsp3) is 0.259. The summed E-state index contributed by atoms with van der Waals surface area (Å²) in [5.74, 6) is 1.31. The quantitative estimate of drug-likeness (QED) is 0.319. The van der Waals surface area contributed by atoms with E-state index in [9.17, 15) is 4.39 Å². The Bertz CT molecular complexity index is 1540. The maximum absolute atomic E-state index is 14.1. The van der Waals surface area contributed by atoms with Gasteiger partial charge in [0, 0.05) is 36.1 Å². The lowest BCUT2D eigenvalue weighted by Crippen LogP contribution is -2.25. The summed E-state index contributed by atoms with van der Waals surface area (Å²) in [5, 5.41) is 7.51. The first kappa shape index (κ1) is 23.1. The summed E-state index contributed by atoms with van der Waals surface area (Å²) in [6, 6.07) is 10.2. The van der Waals surface area contributed by atoms with Crippen molar-refractivity contribution in [1.82, 2.24) is 35.0 Å². The molecule has 9 nitrogen and oxygen atoms in total. The molecule has 1 aliphatic rings. The largest absolute Gasteiger partial charge is 0.497 e. The summed E-state index contributed by atoms with van der Waals surface area (Å²) in [6.45, 7) is 3.84. The second-order valence-corrected chi connectivity index (χ2v) is 8.99. The zero-order valence-corrected chi connectivity index (χ0v) is 20.4. The van der Waals surface area contributed by atoms with Crippen LogP contribution in [0.25, 0.3) is 45.1 Å². The fourth-order valence-electron chi connectivity index (χ4n) is 4.64. The van der Waals surface area contributed by atoms with Gasteiger partial charge in [0.15, 0.2) is 11.5 Å². The Morgan fingerprint density at radius 1 is 1.03 bits per heavy atom. The predicted molar refractivity (Wildman–Crippen MR) is 138 cm³/mol. The van der Waals surface area contributed by atoms with Crippen LogP contribution in [0.4, 0.5) is 4.39 Å². The number of ether oxygens (including phenoxy) is 2. The van der Waals surface area contributed by atoms with E-state index in [1.807, 2.05) is 12.1 Å². The van der Waals surface area contributed by atoms with Crippen molar-refractivity contribution >= 4 is 11.2 Å². The molecule has 2 N–H and O–H groups in total. The molecule has 0 aliphatic carbocycles. The summed E-state index contributed by atoms with van der Waals surface area (Å²) < 4.78 is 25.3. The number of benzene rings is 1. The number of fused-ring (bicyclic) bond motifs is 1. The molecule has 0 radical (unpaired) electrons. The van der Waals surface area contributed by atoms with Gasteiger partial charge in [-0.2, -0.15) is 5.10 Å². The van der Waals surface area contributed by atoms with E-state index in [-0.39, 0.29) is 5.82 Å². The molecule has 4 aromatic heterocycles. The van der Waals surface area contributed by atoms with Gasteiger partial charge in [0.1, 0.15) is 35.1 Å². The number of likely N-dealkylation sites (tertiary alicyclic amines) is 1. The number of imidazole rings is 1. The Morgan fingerprint density at radius 3 is 2.76 bits per heavy atom. The van der Waals surface area contributed by atoms with Gasteiger partial charge in [0.25, 0.3) is 0 Å². The minimum atomic E-state index is -0.386. The van der Waals surface area contributed by atoms with Gasteiger partial charge in [-0.1, -0.05) is 0 Å². The zero-order valence-electron chi connectivity index (χ0n) is 20.4. The van der Waals surface area contributed by atoms with Gasteiger partial charge < -0.3 is 14.5 Å². The van der Waals surface area contributed by atoms with Crippen LogP contribution in [0, 0.1) is 5.82 Å². The molecule has 1 saturated heterocycles. The van der Waals surface area contributed by atoms with Crippen LogP contribution in [0.5, 0.6) is 11.5 Å². The van der Waals surface area contributed by atoms with E-state index in [4.69, 9.17) is 14.5 Å². The van der Waals surface area contributed by atoms with Crippen molar-refractivity contribution in [1.29, 1.82) is 0 Å². The Morgan fingerprint density at radius 2 is 1.89 bits per heavy atom. The molecule has 0 saturated carbocycles. The van der Waals surface area contributed by atoms with Gasteiger partial charge in [0.2, 0.25) is 0 Å². The number of nitrogens with zero attached hydrogens (tertiary/aromatic N) is 5. The number of rotatable bonds is 8. The number of methoxy groups -OCH3 is 1. The van der Waals surface area contributed by atoms with Crippen molar-refractivity contribution in [3.05, 3.63) is 60.8 Å². The summed E-state index contributed by atoms with van der Waals surface area (Å²) in [4.78, 5) is 19.1. The van der Waals surface area contributed by atoms with Gasteiger partial charge in [-0.05, 0) is 61.8 Å². The molecule has 0 spiro atoms. The molecule has 188 valence electrons. The molecule has 0 unspecified atom stereocenters. The molecular formula is C27H26FN7O2. The molecule has 1 fully saturated rings. The summed E-state index contributed by atoms with van der Waals surface area (Å²) in [5.41, 5.74) is 4.85. The van der Waals surface area contributed by atoms with Gasteiger partial charge >= 0.3 is 0 Å². The number of aromatic amines is 2. The van der Waals surface area contributed by atoms with Gasteiger partial charge in [-0.3, -0.25) is 15.0 Å². The summed E-state index contributed by atoms with van der Waals surface area (Å²) >= 11 is 0. The van der Waals surface area contributed by atoms with Crippen LogP contribution in [0.1, 0.15) is 12.8 Å². The standard InChI is InChI=1S/C27H26FN7O2/c1-36-20-11-17(10-19(28)13-20)22-4-5-30-27-25(22)31-26(32-27)24-14-23(33-34-24)18-12-21(16-29-15-18)37-9-8-35-6-2-3-7-35/h4-5,10-16H,2-3,6-9H2,1H3,(H,33,34)(H,30,31,32). The van der Waals surface area contributed by atoms with E-state index in [1.165, 1.54) is 32.1 Å². The van der Waals surface area contributed by atoms with Crippen LogP contribution in [0.15, 0.2) is 55.0 Å². The van der Waals surface area contributed by atoms with Crippen LogP contribution in [0.3, 0.4) is 0 Å². The van der Waals surface area contributed by atoms with E-state index in [1.54, 1.807) is 30.7 Å². The predicted octanol–water partition coefficient (Wildman–Crippen LogP) is 4.70. The average Bonchev–Trinajstić information content (AvgIpc) is 3.69. The normalized spacial score (nSPS) is 13.9. The zero-order chi connectivity index (χ0) is 25.2. The first-order valence-electron chi connectivity index (χ1n) is 12.2. The fourth-order valence-corrected chi connectivity index (χ4v) is 4.64. The first-order chi connectivity index (χ1) is 18.2. The van der Waals surface area contributed by atoms with Crippen LogP contribution in [-0.4, -0.2) is 68.4 Å². The number of halogens is 1. The molecule has 5 heterocycles. The number of hydrogen-bond acceptors (Lipinski definition) is 7. The van der Waals surface area contributed by atoms with E-state index >= 15 is 0 Å². The molecule has 10 heteroatoms. The third kappa shape index (κ3) is 4.88. The third-order valence-corrected chi connectivity index (χ3v) is 6.52. The lowest BCUT2D eigenvalue weighted by Gasteiger charge is -2.14. The molecule has 1 aromatic carbocycles. The molecule has 5 aromatic rings. The number of nitrogens with one attached hydrogen (secondary N) is 2. The summed E-state index contributed by atoms with van der Waals surface area (Å²) in [6.07, 6.45) is 7.68. The van der Waals surface area contributed by atoms with Crippen molar-refractivity contribution in [2.75, 3.05) is 33.4 Å². The number of hydrogen-bond donors (Lipinski definition) is 2. The smallest absolute Gasteiger partial charge is 0.160 e. The second kappa shape index (κ2) is 9.98. The minimum absolute atomic E-state index is 0.386. The maximum Gasteiger partial charge on any atom is 0.160 e. The monoisotopic (exact) mass is 499 g/mol. The molecule has 1 aliphatic heterocycles. The maximum atomic E-state index is 14.1. The Kier molecular flexibility index (Phi) is 6.23. The van der Waals surface area contributed by atoms with Crippen LogP contribution >= 0.6 is 0 Å². The van der Waals surface area contributed by atoms with Crippen LogP contribution in [0.2, 0.25) is 0 Å². The molecule has 0 bridgehead atoms. The molecule has 6 rings (SSSR count). The average molecular weight is 500 g/mol. The van der Waals surface area contributed by atoms with Crippen molar-refractivity contribution in [2.45, 2.75) is 12.8 Å². The van der Waals surface area contributed by atoms with E-state index < -0.39 is 0 Å². The third-order valence-electron chi connectivity index (χ3n) is 6.52. The van der Waals surface area contributed by atoms with Crippen molar-refractivity contribution in [3.63, 3.8) is 0 Å². The number of H-pyrrole nitrogens is 2. The van der Waals surface area contributed by atoms with Gasteiger partial charge in [-0.15, -0.1) is 0 Å².